The normalized spacial score (nSPS) is 13.9. The number of hydrogen-bond donors (Lipinski definition) is 4. The number of hydrogen-bond acceptors (Lipinski definition) is 7. The molecular formula is C44H57N5O6. The number of carbonyl (C=O) groups is 4. The number of fused-ring (bicyclic) bond motifs is 1. The topological polar surface area (TPSA) is 150 Å². The maximum absolute atomic E-state index is 14.3. The minimum Gasteiger partial charge on any atom is -0.445 e. The summed E-state index contributed by atoms with van der Waals surface area (Å²) in [4.78, 5) is 60.8. The predicted molar refractivity (Wildman–Crippen MR) is 215 cm³/mol. The van der Waals surface area contributed by atoms with Crippen LogP contribution >= 0.6 is 0 Å². The number of amides is 4. The van der Waals surface area contributed by atoms with Crippen LogP contribution in [0.2, 0.25) is 0 Å². The molecular weight excluding hydrogens is 695 g/mol. The van der Waals surface area contributed by atoms with Gasteiger partial charge in [0.15, 0.2) is 0 Å². The van der Waals surface area contributed by atoms with E-state index in [1.165, 1.54) is 0 Å². The van der Waals surface area contributed by atoms with E-state index in [9.17, 15) is 24.3 Å². The van der Waals surface area contributed by atoms with Crippen molar-refractivity contribution in [1.29, 1.82) is 0 Å². The number of alkyl carbamates (subject to hydrolysis) is 1. The molecule has 0 fully saturated rings. The lowest BCUT2D eigenvalue weighted by Crippen LogP contribution is -2.57. The van der Waals surface area contributed by atoms with Gasteiger partial charge in [0, 0.05) is 38.3 Å². The van der Waals surface area contributed by atoms with Crippen LogP contribution in [-0.2, 0) is 38.6 Å². The molecule has 0 radical (unpaired) electrons. The summed E-state index contributed by atoms with van der Waals surface area (Å²) in [7, 11) is 0. The van der Waals surface area contributed by atoms with Crippen molar-refractivity contribution >= 4 is 34.6 Å². The number of aromatic nitrogens is 1. The first-order chi connectivity index (χ1) is 26.5. The number of rotatable bonds is 20. The fourth-order valence-corrected chi connectivity index (χ4v) is 6.51. The standard InChI is InChI=1S/C44H57N5O6/c1-6-31(5)28-49(7-2)41(51)27-40(50)37(24-30(3)4)46-42(52)38(25-32-20-22-45-23-21-32)47-43(53)39(48-44(54)55-29-33-14-9-8-10-15-33)26-35-18-13-17-34-16-11-12-19-36(34)35/h8-23,30-31,37-40,50H,6-7,24-29H2,1-5H3,(H,46,52)(H,47,53)(H,48,54)/t31?,37?,38-,39-,40?/m0/s1. The zero-order chi connectivity index (χ0) is 39.7. The van der Waals surface area contributed by atoms with Gasteiger partial charge in [-0.15, -0.1) is 0 Å². The van der Waals surface area contributed by atoms with Crippen molar-refractivity contribution < 1.29 is 29.0 Å². The number of aliphatic hydroxyl groups excluding tert-OH is 1. The molecule has 5 atom stereocenters. The zero-order valence-electron chi connectivity index (χ0n) is 32.7. The van der Waals surface area contributed by atoms with Crippen LogP contribution < -0.4 is 16.0 Å². The third-order valence-electron chi connectivity index (χ3n) is 9.81. The molecule has 0 aliphatic rings. The van der Waals surface area contributed by atoms with E-state index in [1.807, 2.05) is 93.6 Å². The van der Waals surface area contributed by atoms with E-state index in [0.717, 1.165) is 33.9 Å². The summed E-state index contributed by atoms with van der Waals surface area (Å²) in [5.74, 6) is -0.888. The van der Waals surface area contributed by atoms with Gasteiger partial charge in [0.1, 0.15) is 18.7 Å². The van der Waals surface area contributed by atoms with Gasteiger partial charge in [-0.25, -0.2) is 4.79 Å². The molecule has 1 aromatic heterocycles. The molecule has 0 saturated heterocycles. The molecule has 294 valence electrons. The lowest BCUT2D eigenvalue weighted by atomic mass is 9.95. The highest BCUT2D eigenvalue weighted by Gasteiger charge is 2.32. The highest BCUT2D eigenvalue weighted by Crippen LogP contribution is 2.21. The number of carbonyl (C=O) groups excluding carboxylic acids is 4. The second-order valence-corrected chi connectivity index (χ2v) is 14.7. The largest absolute Gasteiger partial charge is 0.445 e. The maximum atomic E-state index is 14.3. The van der Waals surface area contributed by atoms with Crippen LogP contribution in [0.4, 0.5) is 4.79 Å². The zero-order valence-corrected chi connectivity index (χ0v) is 32.7. The lowest BCUT2D eigenvalue weighted by molar-refractivity contribution is -0.135. The fraction of sp³-hybridized carbons (Fsp3) is 0.432. The van der Waals surface area contributed by atoms with E-state index in [2.05, 4.69) is 34.8 Å². The molecule has 4 rings (SSSR count). The molecule has 0 aliphatic carbocycles. The molecule has 0 saturated carbocycles. The number of benzene rings is 3. The summed E-state index contributed by atoms with van der Waals surface area (Å²) in [6.07, 6.45) is 2.71. The number of aliphatic hydroxyl groups is 1. The Bertz CT molecular complexity index is 1820. The first kappa shape index (κ1) is 42.5. The van der Waals surface area contributed by atoms with E-state index in [4.69, 9.17) is 4.74 Å². The molecule has 0 spiro atoms. The average molecular weight is 752 g/mol. The average Bonchev–Trinajstić information content (AvgIpc) is 3.18. The summed E-state index contributed by atoms with van der Waals surface area (Å²) >= 11 is 0. The van der Waals surface area contributed by atoms with Crippen molar-refractivity contribution in [2.24, 2.45) is 11.8 Å². The molecule has 11 heteroatoms. The van der Waals surface area contributed by atoms with Crippen LogP contribution in [0, 0.1) is 11.8 Å². The highest BCUT2D eigenvalue weighted by molar-refractivity contribution is 5.93. The Morgan fingerprint density at radius 1 is 0.764 bits per heavy atom. The number of ether oxygens (including phenoxy) is 1. The Morgan fingerprint density at radius 3 is 2.11 bits per heavy atom. The van der Waals surface area contributed by atoms with Crippen LogP contribution in [0.15, 0.2) is 97.3 Å². The van der Waals surface area contributed by atoms with Crippen LogP contribution in [0.25, 0.3) is 10.8 Å². The first-order valence-corrected chi connectivity index (χ1v) is 19.4. The fourth-order valence-electron chi connectivity index (χ4n) is 6.51. The van der Waals surface area contributed by atoms with Gasteiger partial charge < -0.3 is 30.7 Å². The van der Waals surface area contributed by atoms with Gasteiger partial charge >= 0.3 is 6.09 Å². The monoisotopic (exact) mass is 751 g/mol. The molecule has 0 bridgehead atoms. The van der Waals surface area contributed by atoms with Gasteiger partial charge in [0.25, 0.3) is 0 Å². The predicted octanol–water partition coefficient (Wildman–Crippen LogP) is 5.98. The number of pyridine rings is 1. The van der Waals surface area contributed by atoms with Gasteiger partial charge in [-0.1, -0.05) is 107 Å². The number of nitrogens with one attached hydrogen (secondary N) is 3. The van der Waals surface area contributed by atoms with Gasteiger partial charge in [-0.3, -0.25) is 19.4 Å². The van der Waals surface area contributed by atoms with Crippen molar-refractivity contribution in [3.05, 3.63) is 114 Å². The van der Waals surface area contributed by atoms with E-state index in [0.29, 0.717) is 25.4 Å². The van der Waals surface area contributed by atoms with E-state index in [-0.39, 0.29) is 37.7 Å². The Balaban J connectivity index is 1.58. The van der Waals surface area contributed by atoms with Crippen LogP contribution in [0.5, 0.6) is 0 Å². The molecule has 4 N–H and O–H groups in total. The molecule has 11 nitrogen and oxygen atoms in total. The Labute approximate surface area is 325 Å². The van der Waals surface area contributed by atoms with Crippen LogP contribution in [0.1, 0.15) is 70.6 Å². The summed E-state index contributed by atoms with van der Waals surface area (Å²) < 4.78 is 5.51. The first-order valence-electron chi connectivity index (χ1n) is 19.4. The molecule has 55 heavy (non-hydrogen) atoms. The highest BCUT2D eigenvalue weighted by atomic mass is 16.5. The molecule has 3 unspecified atom stereocenters. The van der Waals surface area contributed by atoms with Crippen molar-refractivity contribution in [3.8, 4) is 0 Å². The molecule has 0 aliphatic heterocycles. The van der Waals surface area contributed by atoms with Crippen LogP contribution in [0.3, 0.4) is 0 Å². The van der Waals surface area contributed by atoms with Crippen molar-refractivity contribution in [2.45, 2.75) is 97.6 Å². The third-order valence-corrected chi connectivity index (χ3v) is 9.81. The summed E-state index contributed by atoms with van der Waals surface area (Å²) in [6, 6.07) is 23.4. The summed E-state index contributed by atoms with van der Waals surface area (Å²) in [5.41, 5.74) is 2.37. The van der Waals surface area contributed by atoms with Crippen molar-refractivity contribution in [2.75, 3.05) is 13.1 Å². The molecule has 4 amide bonds. The van der Waals surface area contributed by atoms with Gasteiger partial charge in [0.05, 0.1) is 18.6 Å². The summed E-state index contributed by atoms with van der Waals surface area (Å²) in [6.45, 7) is 11.2. The minimum absolute atomic E-state index is 0.0120. The minimum atomic E-state index is -1.15. The van der Waals surface area contributed by atoms with Gasteiger partial charge in [0.2, 0.25) is 17.7 Å². The van der Waals surface area contributed by atoms with Crippen molar-refractivity contribution in [3.63, 3.8) is 0 Å². The molecule has 1 heterocycles. The van der Waals surface area contributed by atoms with Crippen molar-refractivity contribution in [1.82, 2.24) is 25.8 Å². The van der Waals surface area contributed by atoms with E-state index in [1.54, 1.807) is 29.4 Å². The Morgan fingerprint density at radius 2 is 1.42 bits per heavy atom. The lowest BCUT2D eigenvalue weighted by Gasteiger charge is -2.30. The quantitative estimate of drug-likeness (QED) is 0.0869. The molecule has 4 aromatic rings. The van der Waals surface area contributed by atoms with Gasteiger partial charge in [-0.05, 0) is 64.8 Å². The molecule has 3 aromatic carbocycles. The maximum Gasteiger partial charge on any atom is 0.408 e. The Hall–Kier alpha value is -5.29. The SMILES string of the molecule is CCC(C)CN(CC)C(=O)CC(O)C(CC(C)C)NC(=O)[C@H](Cc1ccncc1)NC(=O)[C@H](Cc1cccc2ccccc12)NC(=O)OCc1ccccc1. The van der Waals surface area contributed by atoms with Crippen LogP contribution in [-0.4, -0.2) is 76.1 Å². The smallest absolute Gasteiger partial charge is 0.408 e. The van der Waals surface area contributed by atoms with Gasteiger partial charge in [-0.2, -0.15) is 0 Å². The summed E-state index contributed by atoms with van der Waals surface area (Å²) in [5, 5.41) is 22.0. The number of nitrogens with zero attached hydrogens (tertiary/aromatic N) is 2. The second kappa shape index (κ2) is 21.6. The van der Waals surface area contributed by atoms with E-state index < -0.39 is 42.1 Å². The second-order valence-electron chi connectivity index (χ2n) is 14.7. The van der Waals surface area contributed by atoms with E-state index >= 15 is 0 Å². The Kier molecular flexibility index (Phi) is 16.6. The third kappa shape index (κ3) is 13.5.